The molecule has 0 aliphatic carbocycles. The Morgan fingerprint density at radius 2 is 0.805 bits per heavy atom. The first kappa shape index (κ1) is 93.9. The molecule has 2 heterocycles. The Morgan fingerprint density at radius 3 is 1.18 bits per heavy atom. The normalized spacial score (nSPS) is 10.3. The number of carbonyl (C=O) groups is 3. The number of carbonyl (C=O) groups excluding carboxylic acids is 3. The van der Waals surface area contributed by atoms with Crippen LogP contribution in [0, 0.1) is 22.3 Å². The van der Waals surface area contributed by atoms with E-state index in [2.05, 4.69) is 138 Å². The van der Waals surface area contributed by atoms with Gasteiger partial charge in [-0.05, 0) is 91.7 Å². The van der Waals surface area contributed by atoms with Gasteiger partial charge >= 0.3 is 140 Å². The zero-order chi connectivity index (χ0) is 50.1. The molecule has 6 rings (SSSR count). The molecule has 2 atom stereocenters. The summed E-state index contributed by atoms with van der Waals surface area (Å²) in [6.07, 6.45) is 19.3. The van der Waals surface area contributed by atoms with Crippen molar-refractivity contribution in [3.63, 3.8) is 0 Å². The molecule has 2 aromatic heterocycles. The van der Waals surface area contributed by atoms with Crippen molar-refractivity contribution in [3.05, 3.63) is 231 Å². The fourth-order valence-corrected chi connectivity index (χ4v) is 9.31. The van der Waals surface area contributed by atoms with Gasteiger partial charge in [-0.1, -0.05) is 255 Å². The van der Waals surface area contributed by atoms with Crippen LogP contribution in [-0.4, -0.2) is 52.3 Å². The molecule has 0 radical (unpaired) electrons. The molecule has 0 bridgehead atoms. The molecule has 6 aromatic rings. The average molecular weight is 1170 g/mol. The molecule has 0 aliphatic heterocycles. The minimum atomic E-state index is -0.512. The maximum Gasteiger partial charge on any atom is 1.00 e. The molecule has 0 saturated heterocycles. The van der Waals surface area contributed by atoms with Crippen LogP contribution in [0.1, 0.15) is 211 Å². The molecule has 0 saturated carbocycles. The van der Waals surface area contributed by atoms with Crippen LogP contribution in [0.25, 0.3) is 5.32 Å². The van der Waals surface area contributed by atoms with Crippen molar-refractivity contribution < 1.29 is 154 Å². The summed E-state index contributed by atoms with van der Waals surface area (Å²) >= 11 is 0. The molecule has 1 N–H and O–H groups in total. The summed E-state index contributed by atoms with van der Waals surface area (Å²) in [4.78, 5) is 51.1. The van der Waals surface area contributed by atoms with Crippen LogP contribution in [0.3, 0.4) is 0 Å². The van der Waals surface area contributed by atoms with E-state index in [1.54, 1.807) is 12.4 Å². The number of benzene rings is 4. The fraction of sp³-hybridized carbons (Fsp3) is 0.429. The Morgan fingerprint density at radius 1 is 0.451 bits per heavy atom. The number of aromatic nitrogens is 2. The molecular formula is C70H105KN5Na3O3. The SMILES string of the molecule is C.C.C.C.CCCCCCNC(=O)C(CCC(c1ccccc1)c1ccccc1)c1ccccn1.CCCCCC[N-]C(=O)N(CCCCCC)C(=O)C(CCC(c1ccccc1)c1ccccc1)c1ccccn1.[CH3-].[CH3-].[CH3-].[K+].[Na+].[Na+].[Na+]. The first-order chi connectivity index (χ1) is 34.9. The second kappa shape index (κ2) is 58.3. The number of nitrogens with zero attached hydrogens (tertiary/aromatic N) is 4. The van der Waals surface area contributed by atoms with Crippen molar-refractivity contribution in [3.8, 4) is 0 Å². The Labute approximate surface area is 612 Å². The Kier molecular flexibility index (Phi) is 66.7. The van der Waals surface area contributed by atoms with Crippen LogP contribution in [-0.2, 0) is 9.59 Å². The van der Waals surface area contributed by atoms with Crippen molar-refractivity contribution in [1.29, 1.82) is 0 Å². The largest absolute Gasteiger partial charge is 1.00 e. The summed E-state index contributed by atoms with van der Waals surface area (Å²) in [5.41, 5.74) is 6.57. The molecule has 0 aliphatic rings. The molecular weight excluding hydrogens is 1070 g/mol. The molecule has 12 heteroatoms. The maximum atomic E-state index is 14.2. The van der Waals surface area contributed by atoms with Crippen LogP contribution >= 0.6 is 0 Å². The molecule has 2 unspecified atom stereocenters. The van der Waals surface area contributed by atoms with Crippen LogP contribution < -0.4 is 145 Å². The fourth-order valence-electron chi connectivity index (χ4n) is 9.31. The van der Waals surface area contributed by atoms with Gasteiger partial charge in [0.2, 0.25) is 5.91 Å². The number of amides is 4. The van der Waals surface area contributed by atoms with Gasteiger partial charge in [0, 0.05) is 30.8 Å². The van der Waals surface area contributed by atoms with E-state index < -0.39 is 11.9 Å². The van der Waals surface area contributed by atoms with Gasteiger partial charge in [-0.25, -0.2) is 0 Å². The first-order valence-corrected chi connectivity index (χ1v) is 26.8. The van der Waals surface area contributed by atoms with Crippen LogP contribution in [0.5, 0.6) is 0 Å². The van der Waals surface area contributed by atoms with E-state index in [4.69, 9.17) is 0 Å². The van der Waals surface area contributed by atoms with E-state index in [1.807, 2.05) is 60.7 Å². The average Bonchev–Trinajstić information content (AvgIpc) is 3.42. The summed E-state index contributed by atoms with van der Waals surface area (Å²) < 4.78 is 0. The number of rotatable bonds is 29. The summed E-state index contributed by atoms with van der Waals surface area (Å²) in [7, 11) is 0. The second-order valence-electron chi connectivity index (χ2n) is 18.6. The maximum absolute atomic E-state index is 14.2. The number of hydrogen-bond acceptors (Lipinski definition) is 5. The number of unbranched alkanes of at least 4 members (excludes halogenated alkanes) is 9. The summed E-state index contributed by atoms with van der Waals surface area (Å²) in [6, 6.07) is 53.2. The van der Waals surface area contributed by atoms with Gasteiger partial charge in [0.05, 0.1) is 23.2 Å². The second-order valence-corrected chi connectivity index (χ2v) is 18.6. The van der Waals surface area contributed by atoms with Crippen LogP contribution in [0.4, 0.5) is 4.79 Å². The van der Waals surface area contributed by atoms with Gasteiger partial charge in [0.15, 0.2) is 11.9 Å². The molecule has 432 valence electrons. The molecule has 0 fully saturated rings. The molecule has 8 nitrogen and oxygen atoms in total. The van der Waals surface area contributed by atoms with E-state index in [-0.39, 0.29) is 222 Å². The van der Waals surface area contributed by atoms with Crippen molar-refractivity contribution in [1.82, 2.24) is 20.2 Å². The molecule has 4 amide bonds. The molecule has 4 aromatic carbocycles. The van der Waals surface area contributed by atoms with Gasteiger partial charge in [0.25, 0.3) is 0 Å². The van der Waals surface area contributed by atoms with E-state index in [1.165, 1.54) is 40.0 Å². The monoisotopic (exact) mass is 1170 g/mol. The van der Waals surface area contributed by atoms with Gasteiger partial charge in [-0.2, -0.15) is 0 Å². The Balaban J connectivity index is -0.000000247. The topological polar surface area (TPSA) is 106 Å². The van der Waals surface area contributed by atoms with E-state index >= 15 is 0 Å². The standard InChI is InChI=1S/C35H47N3O2.C28H34N2O.4CH4.3CH3.K.3Na/c1-3-5-7-16-27-37-35(40)38(28-18-8-6-4-2)34(39)32(33-23-15-17-26-36-33)25-24-31(29-19-11-9-12-20-29)30-21-13-10-14-22-30;1-2-3-4-12-22-30-28(31)26(27-18-11-13-21-29-27)20-19-25(23-14-7-5-8-15-23)24-16-9-6-10-17-24;;;;;;;;;;;/h9-15,17,19-23,26,31-32H,3-8,16,18,24-25,27-28H2,1-2H3,(H,37,40);5-11,13-18,21,25-26H,2-4,12,19-20,22H2,1H3,(H,30,31);4*1H4;3*1H3;;;;/q;;;;;;3*-1;4*+1/p-1. The van der Waals surface area contributed by atoms with E-state index in [0.29, 0.717) is 25.2 Å². The number of imide groups is 1. The Hall–Kier alpha value is -1.77. The minimum absolute atomic E-state index is 0. The number of urea groups is 1. The predicted molar refractivity (Wildman–Crippen MR) is 339 cm³/mol. The Bertz CT molecular complexity index is 2270. The van der Waals surface area contributed by atoms with Crippen LogP contribution in [0.2, 0.25) is 0 Å². The van der Waals surface area contributed by atoms with Crippen molar-refractivity contribution in [2.24, 2.45) is 0 Å². The third-order valence-electron chi connectivity index (χ3n) is 13.3. The minimum Gasteiger partial charge on any atom is -0.430 e. The third-order valence-corrected chi connectivity index (χ3v) is 13.3. The van der Waals surface area contributed by atoms with Crippen LogP contribution in [0.15, 0.2) is 170 Å². The van der Waals surface area contributed by atoms with Gasteiger partial charge in [-0.15, -0.1) is 0 Å². The summed E-state index contributed by atoms with van der Waals surface area (Å²) in [5.74, 6) is -0.444. The molecule has 82 heavy (non-hydrogen) atoms. The number of hydrogen-bond donors (Lipinski definition) is 1. The van der Waals surface area contributed by atoms with Gasteiger partial charge in [-0.3, -0.25) is 24.4 Å². The zero-order valence-electron chi connectivity index (χ0n) is 49.9. The quantitative estimate of drug-likeness (QED) is 0.0296. The third kappa shape index (κ3) is 34.5. The summed E-state index contributed by atoms with van der Waals surface area (Å²) in [5, 5.41) is 7.49. The van der Waals surface area contributed by atoms with Crippen molar-refractivity contribution in [2.45, 2.75) is 177 Å². The smallest absolute Gasteiger partial charge is 0.430 e. The van der Waals surface area contributed by atoms with Crippen molar-refractivity contribution in [2.75, 3.05) is 19.6 Å². The first-order valence-electron chi connectivity index (χ1n) is 26.8. The number of nitrogens with one attached hydrogen (secondary N) is 1. The van der Waals surface area contributed by atoms with Gasteiger partial charge in [0.1, 0.15) is 0 Å². The zero-order valence-corrected chi connectivity index (χ0v) is 59.0. The van der Waals surface area contributed by atoms with Gasteiger partial charge < -0.3 is 37.8 Å². The summed E-state index contributed by atoms with van der Waals surface area (Å²) in [6.45, 7) is 8.13. The van der Waals surface area contributed by atoms with Crippen molar-refractivity contribution >= 4 is 17.8 Å². The van der Waals surface area contributed by atoms with E-state index in [9.17, 15) is 14.4 Å². The molecule has 0 spiro atoms. The van der Waals surface area contributed by atoms with E-state index in [0.717, 1.165) is 95.7 Å². The number of pyridine rings is 2. The predicted octanol–water partition coefficient (Wildman–Crippen LogP) is 7.65.